The minimum atomic E-state index is -0.729. The fourth-order valence-electron chi connectivity index (χ4n) is 1.76. The van der Waals surface area contributed by atoms with E-state index in [0.29, 0.717) is 11.5 Å². The molecule has 0 radical (unpaired) electrons. The van der Waals surface area contributed by atoms with E-state index in [4.69, 9.17) is 14.6 Å². The average molecular weight is 267 g/mol. The van der Waals surface area contributed by atoms with Crippen molar-refractivity contribution in [2.75, 3.05) is 26.1 Å². The Kier molecular flexibility index (Phi) is 6.57. The fraction of sp³-hybridized carbons (Fsp3) is 0.500. The lowest BCUT2D eigenvalue weighted by Gasteiger charge is -2.11. The third-order valence-electron chi connectivity index (χ3n) is 2.78. The normalized spacial score (nSPS) is 10.0. The van der Waals surface area contributed by atoms with Crippen LogP contribution in [0.25, 0.3) is 0 Å². The Bertz CT molecular complexity index is 406. The number of carboxylic acid groups (broad SMARTS) is 1. The minimum absolute atomic E-state index is 0.246. The van der Waals surface area contributed by atoms with Gasteiger partial charge in [0.05, 0.1) is 14.2 Å². The van der Waals surface area contributed by atoms with Gasteiger partial charge in [0.15, 0.2) is 11.5 Å². The van der Waals surface area contributed by atoms with Gasteiger partial charge in [-0.1, -0.05) is 6.42 Å². The van der Waals surface area contributed by atoms with Gasteiger partial charge in [-0.25, -0.2) is 0 Å². The fourth-order valence-corrected chi connectivity index (χ4v) is 1.76. The van der Waals surface area contributed by atoms with E-state index in [1.165, 1.54) is 0 Å². The topological polar surface area (TPSA) is 67.8 Å². The summed E-state index contributed by atoms with van der Waals surface area (Å²) in [5, 5.41) is 11.8. The lowest BCUT2D eigenvalue weighted by Crippen LogP contribution is -2.02. The first kappa shape index (κ1) is 15.1. The number of benzene rings is 1. The molecular formula is C14H21NO4. The molecule has 0 unspecified atom stereocenters. The molecule has 0 amide bonds. The van der Waals surface area contributed by atoms with Crippen LogP contribution in [0.1, 0.15) is 25.7 Å². The molecule has 0 aromatic heterocycles. The summed E-state index contributed by atoms with van der Waals surface area (Å²) in [4.78, 5) is 10.3. The van der Waals surface area contributed by atoms with Gasteiger partial charge in [-0.2, -0.15) is 0 Å². The molecule has 0 fully saturated rings. The molecule has 0 aliphatic heterocycles. The van der Waals surface area contributed by atoms with Crippen LogP contribution in [0.3, 0.4) is 0 Å². The Morgan fingerprint density at radius 3 is 2.53 bits per heavy atom. The summed E-state index contributed by atoms with van der Waals surface area (Å²) in [6, 6.07) is 5.67. The second kappa shape index (κ2) is 8.24. The van der Waals surface area contributed by atoms with Crippen molar-refractivity contribution in [2.45, 2.75) is 25.7 Å². The lowest BCUT2D eigenvalue weighted by molar-refractivity contribution is -0.137. The highest BCUT2D eigenvalue weighted by Crippen LogP contribution is 2.29. The van der Waals surface area contributed by atoms with Crippen molar-refractivity contribution in [3.63, 3.8) is 0 Å². The maximum absolute atomic E-state index is 10.3. The van der Waals surface area contributed by atoms with E-state index in [1.54, 1.807) is 14.2 Å². The van der Waals surface area contributed by atoms with Crippen LogP contribution in [-0.4, -0.2) is 31.8 Å². The summed E-state index contributed by atoms with van der Waals surface area (Å²) in [6.45, 7) is 0.815. The number of carboxylic acids is 1. The van der Waals surface area contributed by atoms with Gasteiger partial charge < -0.3 is 19.9 Å². The molecule has 0 aliphatic rings. The molecular weight excluding hydrogens is 246 g/mol. The van der Waals surface area contributed by atoms with Gasteiger partial charge in [0, 0.05) is 24.7 Å². The Labute approximate surface area is 113 Å². The highest BCUT2D eigenvalue weighted by molar-refractivity contribution is 5.66. The number of carbonyl (C=O) groups is 1. The van der Waals surface area contributed by atoms with Crippen molar-refractivity contribution in [3.8, 4) is 11.5 Å². The zero-order valence-electron chi connectivity index (χ0n) is 11.4. The van der Waals surface area contributed by atoms with Gasteiger partial charge in [0.25, 0.3) is 0 Å². The summed E-state index contributed by atoms with van der Waals surface area (Å²) >= 11 is 0. The predicted octanol–water partition coefficient (Wildman–Crippen LogP) is 2.76. The minimum Gasteiger partial charge on any atom is -0.493 e. The number of anilines is 1. The van der Waals surface area contributed by atoms with Crippen molar-refractivity contribution in [1.82, 2.24) is 0 Å². The highest BCUT2D eigenvalue weighted by atomic mass is 16.5. The van der Waals surface area contributed by atoms with E-state index in [0.717, 1.165) is 31.5 Å². The number of rotatable bonds is 9. The van der Waals surface area contributed by atoms with Gasteiger partial charge in [0.2, 0.25) is 0 Å². The summed E-state index contributed by atoms with van der Waals surface area (Å²) in [5.41, 5.74) is 0.968. The van der Waals surface area contributed by atoms with E-state index in [9.17, 15) is 4.79 Å². The predicted molar refractivity (Wildman–Crippen MR) is 74.1 cm³/mol. The number of hydrogen-bond donors (Lipinski definition) is 2. The first-order valence-corrected chi connectivity index (χ1v) is 6.35. The lowest BCUT2D eigenvalue weighted by atomic mass is 10.2. The quantitative estimate of drug-likeness (QED) is 0.673. The van der Waals surface area contributed by atoms with Crippen LogP contribution in [0, 0.1) is 0 Å². The Morgan fingerprint density at radius 2 is 1.89 bits per heavy atom. The van der Waals surface area contributed by atoms with Crippen molar-refractivity contribution >= 4 is 11.7 Å². The highest BCUT2D eigenvalue weighted by Gasteiger charge is 2.03. The van der Waals surface area contributed by atoms with Crippen molar-refractivity contribution in [3.05, 3.63) is 18.2 Å². The Balaban J connectivity index is 2.31. The van der Waals surface area contributed by atoms with Crippen LogP contribution < -0.4 is 14.8 Å². The van der Waals surface area contributed by atoms with Gasteiger partial charge in [0.1, 0.15) is 0 Å². The van der Waals surface area contributed by atoms with Crippen molar-refractivity contribution in [2.24, 2.45) is 0 Å². The summed E-state index contributed by atoms with van der Waals surface area (Å²) < 4.78 is 10.4. The van der Waals surface area contributed by atoms with Crippen LogP contribution in [0.4, 0.5) is 5.69 Å². The monoisotopic (exact) mass is 267 g/mol. The molecule has 0 saturated carbocycles. The molecule has 19 heavy (non-hydrogen) atoms. The number of nitrogens with one attached hydrogen (secondary N) is 1. The van der Waals surface area contributed by atoms with Crippen LogP contribution in [0.5, 0.6) is 11.5 Å². The number of hydrogen-bond acceptors (Lipinski definition) is 4. The second-order valence-corrected chi connectivity index (χ2v) is 4.20. The number of aliphatic carboxylic acids is 1. The first-order valence-electron chi connectivity index (χ1n) is 6.35. The molecule has 0 spiro atoms. The molecule has 106 valence electrons. The number of methoxy groups -OCH3 is 2. The van der Waals surface area contributed by atoms with Gasteiger partial charge >= 0.3 is 5.97 Å². The number of ether oxygens (including phenoxy) is 2. The molecule has 0 heterocycles. The number of unbranched alkanes of at least 4 members (excludes halogenated alkanes) is 2. The molecule has 0 bridgehead atoms. The summed E-state index contributed by atoms with van der Waals surface area (Å²) in [5.74, 6) is 0.667. The average Bonchev–Trinajstić information content (AvgIpc) is 2.42. The molecule has 0 aliphatic carbocycles. The summed E-state index contributed by atoms with van der Waals surface area (Å²) in [6.07, 6.45) is 2.83. The molecule has 0 saturated heterocycles. The van der Waals surface area contributed by atoms with Crippen molar-refractivity contribution in [1.29, 1.82) is 0 Å². The smallest absolute Gasteiger partial charge is 0.303 e. The van der Waals surface area contributed by atoms with E-state index < -0.39 is 5.97 Å². The molecule has 1 aromatic carbocycles. The van der Waals surface area contributed by atoms with Gasteiger partial charge in [-0.05, 0) is 25.0 Å². The molecule has 0 atom stereocenters. The third-order valence-corrected chi connectivity index (χ3v) is 2.78. The van der Waals surface area contributed by atoms with Crippen LogP contribution in [0.2, 0.25) is 0 Å². The van der Waals surface area contributed by atoms with E-state index in [-0.39, 0.29) is 6.42 Å². The van der Waals surface area contributed by atoms with Crippen molar-refractivity contribution < 1.29 is 19.4 Å². The molecule has 5 heteroatoms. The molecule has 2 N–H and O–H groups in total. The zero-order valence-corrected chi connectivity index (χ0v) is 11.4. The van der Waals surface area contributed by atoms with E-state index >= 15 is 0 Å². The van der Waals surface area contributed by atoms with E-state index in [1.807, 2.05) is 18.2 Å². The van der Waals surface area contributed by atoms with Crippen LogP contribution >= 0.6 is 0 Å². The van der Waals surface area contributed by atoms with Gasteiger partial charge in [-0.3, -0.25) is 4.79 Å². The van der Waals surface area contributed by atoms with E-state index in [2.05, 4.69) is 5.32 Å². The SMILES string of the molecule is COc1ccc(NCCCCCC(=O)O)cc1OC. The van der Waals surface area contributed by atoms with Gasteiger partial charge in [-0.15, -0.1) is 0 Å². The zero-order chi connectivity index (χ0) is 14.1. The Morgan fingerprint density at radius 1 is 1.16 bits per heavy atom. The maximum atomic E-state index is 10.3. The summed E-state index contributed by atoms with van der Waals surface area (Å²) in [7, 11) is 3.21. The van der Waals surface area contributed by atoms with Crippen LogP contribution in [-0.2, 0) is 4.79 Å². The standard InChI is InChI=1S/C14H21NO4/c1-18-12-8-7-11(10-13(12)19-2)15-9-5-3-4-6-14(16)17/h7-8,10,15H,3-6,9H2,1-2H3,(H,16,17). The second-order valence-electron chi connectivity index (χ2n) is 4.20. The maximum Gasteiger partial charge on any atom is 0.303 e. The first-order chi connectivity index (χ1) is 9.17. The molecule has 1 aromatic rings. The Hall–Kier alpha value is -1.91. The largest absolute Gasteiger partial charge is 0.493 e. The third kappa shape index (κ3) is 5.50. The van der Waals surface area contributed by atoms with Crippen LogP contribution in [0.15, 0.2) is 18.2 Å². The molecule has 1 rings (SSSR count). The molecule has 5 nitrogen and oxygen atoms in total.